The second-order valence-electron chi connectivity index (χ2n) is 8.11. The van der Waals surface area contributed by atoms with E-state index in [-0.39, 0.29) is 17.6 Å². The van der Waals surface area contributed by atoms with Gasteiger partial charge in [-0.1, -0.05) is 42.5 Å². The van der Waals surface area contributed by atoms with Crippen molar-refractivity contribution in [3.05, 3.63) is 71.3 Å². The van der Waals surface area contributed by atoms with Crippen LogP contribution in [-0.4, -0.2) is 59.5 Å². The Labute approximate surface area is 198 Å². The first-order chi connectivity index (χ1) is 15.9. The zero-order chi connectivity index (χ0) is 23.8. The molecule has 1 fully saturated rings. The minimum absolute atomic E-state index is 0.109. The van der Waals surface area contributed by atoms with Gasteiger partial charge < -0.3 is 15.5 Å². The zero-order valence-corrected chi connectivity index (χ0v) is 19.3. The molecular formula is C25H28ClN3O4. The molecule has 3 rings (SSSR count). The molecule has 0 saturated carbocycles. The first-order valence-corrected chi connectivity index (χ1v) is 11.6. The van der Waals surface area contributed by atoms with Gasteiger partial charge in [0.15, 0.2) is 5.78 Å². The third-order valence-electron chi connectivity index (χ3n) is 5.65. The van der Waals surface area contributed by atoms with E-state index in [1.165, 1.54) is 24.3 Å². The number of hydrogen-bond acceptors (Lipinski definition) is 4. The lowest BCUT2D eigenvalue weighted by Crippen LogP contribution is -2.54. The number of nitrogens with one attached hydrogen (secondary N) is 2. The Balaban J connectivity index is 1.64. The van der Waals surface area contributed by atoms with Crippen molar-refractivity contribution in [2.24, 2.45) is 0 Å². The standard InChI is InChI=1S/C25H28ClN3O4/c1-17(27-24(32)20-11-9-19(10-12-20)22(30)16-26)23(31)28-21(15-18-7-3-2-4-8-18)25(33)29-13-5-6-14-29/h2-4,7-12,17,21H,5-6,13-16H2,1H3,(H,27,32)(H,28,31)/t17-,21-/m0/s1. The molecule has 0 unspecified atom stereocenters. The summed E-state index contributed by atoms with van der Waals surface area (Å²) in [6, 6.07) is 14.0. The molecule has 7 nitrogen and oxygen atoms in total. The summed E-state index contributed by atoms with van der Waals surface area (Å²) < 4.78 is 0. The molecule has 1 aliphatic rings. The van der Waals surface area contributed by atoms with Gasteiger partial charge in [-0.05, 0) is 37.5 Å². The lowest BCUT2D eigenvalue weighted by molar-refractivity contribution is -0.135. The van der Waals surface area contributed by atoms with Crippen LogP contribution in [0.4, 0.5) is 0 Å². The van der Waals surface area contributed by atoms with Crippen molar-refractivity contribution in [1.29, 1.82) is 0 Å². The molecule has 2 aromatic carbocycles. The highest BCUT2D eigenvalue weighted by atomic mass is 35.5. The maximum absolute atomic E-state index is 13.1. The van der Waals surface area contributed by atoms with E-state index in [9.17, 15) is 19.2 Å². The van der Waals surface area contributed by atoms with Gasteiger partial charge in [-0.25, -0.2) is 0 Å². The monoisotopic (exact) mass is 469 g/mol. The van der Waals surface area contributed by atoms with Crippen LogP contribution < -0.4 is 10.6 Å². The van der Waals surface area contributed by atoms with Gasteiger partial charge in [0.1, 0.15) is 12.1 Å². The maximum atomic E-state index is 13.1. The first-order valence-electron chi connectivity index (χ1n) is 11.0. The minimum Gasteiger partial charge on any atom is -0.342 e. The van der Waals surface area contributed by atoms with Gasteiger partial charge in [0.25, 0.3) is 5.91 Å². The summed E-state index contributed by atoms with van der Waals surface area (Å²) >= 11 is 5.55. The molecule has 1 heterocycles. The van der Waals surface area contributed by atoms with Gasteiger partial charge >= 0.3 is 0 Å². The zero-order valence-electron chi connectivity index (χ0n) is 18.6. The molecule has 8 heteroatoms. The van der Waals surface area contributed by atoms with Gasteiger partial charge in [-0.2, -0.15) is 0 Å². The van der Waals surface area contributed by atoms with Crippen LogP contribution in [0.5, 0.6) is 0 Å². The largest absolute Gasteiger partial charge is 0.342 e. The third-order valence-corrected chi connectivity index (χ3v) is 5.89. The molecule has 3 amide bonds. The molecule has 0 aliphatic carbocycles. The van der Waals surface area contributed by atoms with E-state index in [1.807, 2.05) is 30.3 Å². The van der Waals surface area contributed by atoms with Gasteiger partial charge in [0.2, 0.25) is 11.8 Å². The Morgan fingerprint density at radius 3 is 2.12 bits per heavy atom. The highest BCUT2D eigenvalue weighted by Gasteiger charge is 2.29. The van der Waals surface area contributed by atoms with Crippen molar-refractivity contribution in [1.82, 2.24) is 15.5 Å². The molecule has 2 N–H and O–H groups in total. The number of halogens is 1. The number of alkyl halides is 1. The fourth-order valence-corrected chi connectivity index (χ4v) is 3.89. The highest BCUT2D eigenvalue weighted by molar-refractivity contribution is 6.30. The van der Waals surface area contributed by atoms with Crippen LogP contribution in [0.1, 0.15) is 46.0 Å². The Kier molecular flexibility index (Phi) is 8.60. The normalized spacial score (nSPS) is 14.9. The fourth-order valence-electron chi connectivity index (χ4n) is 3.73. The Bertz CT molecular complexity index is 988. The van der Waals surface area contributed by atoms with E-state index in [1.54, 1.807) is 11.8 Å². The molecule has 0 radical (unpaired) electrons. The van der Waals surface area contributed by atoms with Crippen molar-refractivity contribution >= 4 is 35.1 Å². The Morgan fingerprint density at radius 1 is 0.909 bits per heavy atom. The number of nitrogens with zero attached hydrogens (tertiary/aromatic N) is 1. The Morgan fingerprint density at radius 2 is 1.52 bits per heavy atom. The van der Waals surface area contributed by atoms with Gasteiger partial charge in [0, 0.05) is 30.6 Å². The summed E-state index contributed by atoms with van der Waals surface area (Å²) in [7, 11) is 0. The van der Waals surface area contributed by atoms with Gasteiger partial charge in [-0.3, -0.25) is 19.2 Å². The molecule has 2 atom stereocenters. The highest BCUT2D eigenvalue weighted by Crippen LogP contribution is 2.13. The van der Waals surface area contributed by atoms with E-state index in [0.717, 1.165) is 18.4 Å². The topological polar surface area (TPSA) is 95.6 Å². The fraction of sp³-hybridized carbons (Fsp3) is 0.360. The molecule has 0 spiro atoms. The summed E-state index contributed by atoms with van der Waals surface area (Å²) in [5, 5.41) is 5.48. The van der Waals surface area contributed by atoms with Crippen LogP contribution in [0.2, 0.25) is 0 Å². The second kappa shape index (κ2) is 11.6. The Hall–Kier alpha value is -3.19. The SMILES string of the molecule is C[C@H](NC(=O)c1ccc(C(=O)CCl)cc1)C(=O)N[C@@H](Cc1ccccc1)C(=O)N1CCCC1. The predicted octanol–water partition coefficient (Wildman–Crippen LogP) is 2.58. The summed E-state index contributed by atoms with van der Waals surface area (Å²) in [6.07, 6.45) is 2.29. The van der Waals surface area contributed by atoms with Crippen LogP contribution in [0.25, 0.3) is 0 Å². The molecular weight excluding hydrogens is 442 g/mol. The number of Topliss-reactive ketones (excluding diaryl/α,β-unsaturated/α-hetero) is 1. The van der Waals surface area contributed by atoms with E-state index in [2.05, 4.69) is 10.6 Å². The van der Waals surface area contributed by atoms with Crippen molar-refractivity contribution < 1.29 is 19.2 Å². The van der Waals surface area contributed by atoms with Crippen LogP contribution in [0.3, 0.4) is 0 Å². The predicted molar refractivity (Wildman–Crippen MR) is 126 cm³/mol. The molecule has 174 valence electrons. The minimum atomic E-state index is -0.855. The molecule has 0 bridgehead atoms. The van der Waals surface area contributed by atoms with Crippen LogP contribution in [0, 0.1) is 0 Å². The number of likely N-dealkylation sites (tertiary alicyclic amines) is 1. The smallest absolute Gasteiger partial charge is 0.251 e. The van der Waals surface area contributed by atoms with Crippen LogP contribution in [-0.2, 0) is 16.0 Å². The number of ketones is 1. The van der Waals surface area contributed by atoms with Crippen molar-refractivity contribution in [2.75, 3.05) is 19.0 Å². The average Bonchev–Trinajstić information content (AvgIpc) is 3.38. The summed E-state index contributed by atoms with van der Waals surface area (Å²) in [5.74, 6) is -1.37. The molecule has 1 saturated heterocycles. The van der Waals surface area contributed by atoms with E-state index in [4.69, 9.17) is 11.6 Å². The molecule has 33 heavy (non-hydrogen) atoms. The number of carbonyl (C=O) groups excluding carboxylic acids is 4. The van der Waals surface area contributed by atoms with E-state index < -0.39 is 23.9 Å². The number of carbonyl (C=O) groups is 4. The summed E-state index contributed by atoms with van der Waals surface area (Å²) in [6.45, 7) is 2.95. The third kappa shape index (κ3) is 6.65. The second-order valence-corrected chi connectivity index (χ2v) is 8.38. The van der Waals surface area contributed by atoms with Crippen LogP contribution >= 0.6 is 11.6 Å². The average molecular weight is 470 g/mol. The van der Waals surface area contributed by atoms with E-state index >= 15 is 0 Å². The molecule has 1 aliphatic heterocycles. The molecule has 2 aromatic rings. The maximum Gasteiger partial charge on any atom is 0.251 e. The van der Waals surface area contributed by atoms with Gasteiger partial charge in [-0.15, -0.1) is 11.6 Å². The number of hydrogen-bond donors (Lipinski definition) is 2. The summed E-state index contributed by atoms with van der Waals surface area (Å²) in [5.41, 5.74) is 1.67. The lowest BCUT2D eigenvalue weighted by atomic mass is 10.0. The van der Waals surface area contributed by atoms with Crippen LogP contribution in [0.15, 0.2) is 54.6 Å². The number of rotatable bonds is 9. The lowest BCUT2D eigenvalue weighted by Gasteiger charge is -2.25. The van der Waals surface area contributed by atoms with Crippen molar-refractivity contribution in [3.63, 3.8) is 0 Å². The van der Waals surface area contributed by atoms with Crippen molar-refractivity contribution in [2.45, 2.75) is 38.3 Å². The number of benzene rings is 2. The van der Waals surface area contributed by atoms with Crippen molar-refractivity contribution in [3.8, 4) is 0 Å². The summed E-state index contributed by atoms with van der Waals surface area (Å²) in [4.78, 5) is 51.9. The van der Waals surface area contributed by atoms with E-state index in [0.29, 0.717) is 30.6 Å². The first kappa shape index (κ1) is 24.5. The van der Waals surface area contributed by atoms with Gasteiger partial charge in [0.05, 0.1) is 5.88 Å². The molecule has 0 aromatic heterocycles. The quantitative estimate of drug-likeness (QED) is 0.436. The number of amides is 3.